The molecule has 1 aromatic carbocycles. The molecule has 0 fully saturated rings. The maximum absolute atomic E-state index is 5.61. The highest BCUT2D eigenvalue weighted by Gasteiger charge is 2.14. The van der Waals surface area contributed by atoms with E-state index in [1.165, 1.54) is 16.0 Å². The lowest BCUT2D eigenvalue weighted by Gasteiger charge is -2.20. The fourth-order valence-corrected chi connectivity index (χ4v) is 1.89. The Balaban J connectivity index is 0.000000853. The van der Waals surface area contributed by atoms with Gasteiger partial charge < -0.3 is 4.74 Å². The number of ether oxygens (including phenoxy) is 1. The van der Waals surface area contributed by atoms with E-state index >= 15 is 0 Å². The van der Waals surface area contributed by atoms with Gasteiger partial charge in [-0.3, -0.25) is 0 Å². The summed E-state index contributed by atoms with van der Waals surface area (Å²) >= 11 is 0. The molecule has 1 unspecified atom stereocenters. The average Bonchev–Trinajstić information content (AvgIpc) is 2.29. The molecule has 0 spiro atoms. The molecule has 1 aromatic rings. The lowest BCUT2D eigenvalue weighted by Crippen LogP contribution is -2.35. The van der Waals surface area contributed by atoms with Gasteiger partial charge in [-0.2, -0.15) is 0 Å². The molecular formula is C13H11BrO. The van der Waals surface area contributed by atoms with Crippen molar-refractivity contribution in [3.63, 3.8) is 0 Å². The summed E-state index contributed by atoms with van der Waals surface area (Å²) in [5.41, 5.74) is 1.26. The van der Waals surface area contributed by atoms with Crippen LogP contribution in [0.15, 0.2) is 48.6 Å². The monoisotopic (exact) mass is 262 g/mol. The standard InChI is InChI=1S/C13H10O.BrH/c1-2-6-11-10(5-1)9-14-13-8-4-3-7-12(11)13;/h1-9,13H;1H. The van der Waals surface area contributed by atoms with Gasteiger partial charge in [0.05, 0.1) is 6.26 Å². The second kappa shape index (κ2) is 4.07. The highest BCUT2D eigenvalue weighted by atomic mass is 79.9. The van der Waals surface area contributed by atoms with Gasteiger partial charge in [-0.25, -0.2) is 0 Å². The van der Waals surface area contributed by atoms with Crippen LogP contribution >= 0.6 is 17.0 Å². The quantitative estimate of drug-likeness (QED) is 0.692. The Bertz CT molecular complexity index is 540. The molecule has 1 nitrogen and oxygen atoms in total. The molecule has 0 saturated carbocycles. The van der Waals surface area contributed by atoms with E-state index in [0.29, 0.717) is 0 Å². The fourth-order valence-electron chi connectivity index (χ4n) is 1.89. The summed E-state index contributed by atoms with van der Waals surface area (Å²) in [6, 6.07) is 8.31. The molecular weight excluding hydrogens is 252 g/mol. The number of rotatable bonds is 0. The van der Waals surface area contributed by atoms with Crippen LogP contribution in [-0.4, -0.2) is 6.10 Å². The van der Waals surface area contributed by atoms with Gasteiger partial charge >= 0.3 is 0 Å². The molecule has 0 radical (unpaired) electrons. The Morgan fingerprint density at radius 3 is 2.87 bits per heavy atom. The first-order chi connectivity index (χ1) is 6.95. The summed E-state index contributed by atoms with van der Waals surface area (Å²) in [4.78, 5) is 0. The van der Waals surface area contributed by atoms with Gasteiger partial charge in [0, 0.05) is 10.8 Å². The third kappa shape index (κ3) is 1.65. The van der Waals surface area contributed by atoms with Crippen LogP contribution in [0.2, 0.25) is 0 Å². The molecule has 0 amide bonds. The number of fused-ring (bicyclic) bond motifs is 2. The normalized spacial score (nSPS) is 20.5. The van der Waals surface area contributed by atoms with Crippen molar-refractivity contribution < 1.29 is 4.74 Å². The molecule has 3 rings (SSSR count). The molecule has 0 saturated heterocycles. The van der Waals surface area contributed by atoms with Gasteiger partial charge in [0.15, 0.2) is 0 Å². The van der Waals surface area contributed by atoms with E-state index in [-0.39, 0.29) is 23.1 Å². The Morgan fingerprint density at radius 2 is 1.93 bits per heavy atom. The Labute approximate surface area is 98.8 Å². The van der Waals surface area contributed by atoms with Crippen molar-refractivity contribution in [2.75, 3.05) is 0 Å². The van der Waals surface area contributed by atoms with Gasteiger partial charge in [0.25, 0.3) is 0 Å². The molecule has 1 atom stereocenters. The predicted molar refractivity (Wildman–Crippen MR) is 67.0 cm³/mol. The maximum atomic E-state index is 5.61. The topological polar surface area (TPSA) is 9.23 Å². The predicted octanol–water partition coefficient (Wildman–Crippen LogP) is 1.68. The molecule has 76 valence electrons. The highest BCUT2D eigenvalue weighted by Crippen LogP contribution is 2.16. The molecule has 0 N–H and O–H groups in total. The van der Waals surface area contributed by atoms with E-state index in [0.717, 1.165) is 0 Å². The first-order valence-electron chi connectivity index (χ1n) is 4.75. The van der Waals surface area contributed by atoms with E-state index in [1.807, 2.05) is 18.4 Å². The van der Waals surface area contributed by atoms with Crippen molar-refractivity contribution in [3.8, 4) is 0 Å². The minimum atomic E-state index is 0. The SMILES string of the molecule is Br.C1=CC2=c3ccccc3=COC2C=C1. The van der Waals surface area contributed by atoms with E-state index in [2.05, 4.69) is 36.4 Å². The Hall–Kier alpha value is -1.28. The van der Waals surface area contributed by atoms with Crippen molar-refractivity contribution in [1.29, 1.82) is 0 Å². The van der Waals surface area contributed by atoms with Crippen molar-refractivity contribution >= 4 is 28.8 Å². The van der Waals surface area contributed by atoms with Gasteiger partial charge in [0.2, 0.25) is 0 Å². The summed E-state index contributed by atoms with van der Waals surface area (Å²) in [7, 11) is 0. The molecule has 15 heavy (non-hydrogen) atoms. The number of hydrogen-bond acceptors (Lipinski definition) is 1. The number of halogens is 1. The zero-order valence-corrected chi connectivity index (χ0v) is 9.80. The van der Waals surface area contributed by atoms with Crippen LogP contribution in [0.4, 0.5) is 0 Å². The molecule has 2 heteroatoms. The van der Waals surface area contributed by atoms with Crippen molar-refractivity contribution in [1.82, 2.24) is 0 Å². The highest BCUT2D eigenvalue weighted by molar-refractivity contribution is 8.93. The minimum absolute atomic E-state index is 0. The minimum Gasteiger partial charge on any atom is -0.489 e. The molecule has 1 heterocycles. The van der Waals surface area contributed by atoms with Gasteiger partial charge in [-0.1, -0.05) is 42.5 Å². The summed E-state index contributed by atoms with van der Waals surface area (Å²) < 4.78 is 5.61. The summed E-state index contributed by atoms with van der Waals surface area (Å²) in [6.07, 6.45) is 10.2. The average molecular weight is 263 g/mol. The van der Waals surface area contributed by atoms with E-state index < -0.39 is 0 Å². The van der Waals surface area contributed by atoms with Gasteiger partial charge in [-0.05, 0) is 11.3 Å². The fraction of sp³-hybridized carbons (Fsp3) is 0.0769. The van der Waals surface area contributed by atoms with Crippen LogP contribution in [0.3, 0.4) is 0 Å². The molecule has 1 aliphatic heterocycles. The number of allylic oxidation sites excluding steroid dienone is 2. The third-order valence-corrected chi connectivity index (χ3v) is 2.59. The zero-order valence-electron chi connectivity index (χ0n) is 8.09. The van der Waals surface area contributed by atoms with Crippen LogP contribution in [-0.2, 0) is 4.74 Å². The van der Waals surface area contributed by atoms with Crippen LogP contribution in [0.25, 0.3) is 11.8 Å². The van der Waals surface area contributed by atoms with Crippen LogP contribution in [0.1, 0.15) is 0 Å². The Morgan fingerprint density at radius 1 is 1.07 bits per heavy atom. The largest absolute Gasteiger partial charge is 0.489 e. The molecule has 0 aromatic heterocycles. The Kier molecular flexibility index (Phi) is 2.78. The summed E-state index contributed by atoms with van der Waals surface area (Å²) in [6.45, 7) is 0. The van der Waals surface area contributed by atoms with E-state index in [4.69, 9.17) is 4.74 Å². The lowest BCUT2D eigenvalue weighted by molar-refractivity contribution is 0.275. The third-order valence-electron chi connectivity index (χ3n) is 2.59. The van der Waals surface area contributed by atoms with E-state index in [1.54, 1.807) is 0 Å². The smallest absolute Gasteiger partial charge is 0.142 e. The zero-order chi connectivity index (χ0) is 9.38. The first-order valence-corrected chi connectivity index (χ1v) is 4.75. The number of hydrogen-bond donors (Lipinski definition) is 0. The van der Waals surface area contributed by atoms with Crippen molar-refractivity contribution in [3.05, 3.63) is 59.0 Å². The molecule has 2 aliphatic rings. The van der Waals surface area contributed by atoms with Gasteiger partial charge in [-0.15, -0.1) is 17.0 Å². The van der Waals surface area contributed by atoms with Gasteiger partial charge in [0.1, 0.15) is 6.10 Å². The van der Waals surface area contributed by atoms with Crippen molar-refractivity contribution in [2.45, 2.75) is 6.10 Å². The van der Waals surface area contributed by atoms with Crippen LogP contribution in [0.5, 0.6) is 0 Å². The second-order valence-corrected chi connectivity index (χ2v) is 3.46. The molecule has 1 aliphatic carbocycles. The summed E-state index contributed by atoms with van der Waals surface area (Å²) in [5.74, 6) is 0. The van der Waals surface area contributed by atoms with E-state index in [9.17, 15) is 0 Å². The summed E-state index contributed by atoms with van der Waals surface area (Å²) in [5, 5.41) is 2.45. The second-order valence-electron chi connectivity index (χ2n) is 3.46. The van der Waals surface area contributed by atoms with Crippen molar-refractivity contribution in [2.24, 2.45) is 0 Å². The molecule has 0 bridgehead atoms. The first kappa shape index (κ1) is 10.2. The maximum Gasteiger partial charge on any atom is 0.142 e. The number of benzene rings is 1. The van der Waals surface area contributed by atoms with Crippen LogP contribution < -0.4 is 10.4 Å². The lowest BCUT2D eigenvalue weighted by atomic mass is 9.99. The van der Waals surface area contributed by atoms with Crippen LogP contribution in [0, 0.1) is 0 Å².